The lowest BCUT2D eigenvalue weighted by Gasteiger charge is -2.12. The molecule has 0 unspecified atom stereocenters. The SMILES string of the molecule is O=C(COc1cccnc1[N+](=O)[O-])Nc1cc(Cl)ccc1-n1cncn1. The molecule has 0 atom stereocenters. The molecule has 1 amide bonds. The van der Waals surface area contributed by atoms with E-state index in [0.717, 1.165) is 0 Å². The van der Waals surface area contributed by atoms with Crippen LogP contribution in [-0.2, 0) is 4.79 Å². The van der Waals surface area contributed by atoms with Crippen molar-refractivity contribution in [1.82, 2.24) is 19.7 Å². The second-order valence-corrected chi connectivity index (χ2v) is 5.36. The van der Waals surface area contributed by atoms with Gasteiger partial charge in [0.15, 0.2) is 6.61 Å². The topological polar surface area (TPSA) is 125 Å². The zero-order valence-corrected chi connectivity index (χ0v) is 13.8. The molecule has 132 valence electrons. The van der Waals surface area contributed by atoms with Crippen LogP contribution < -0.4 is 10.1 Å². The molecule has 0 aliphatic rings. The molecule has 0 saturated heterocycles. The lowest BCUT2D eigenvalue weighted by Crippen LogP contribution is -2.21. The Balaban J connectivity index is 1.73. The smallest absolute Gasteiger partial charge is 0.406 e. The van der Waals surface area contributed by atoms with E-state index in [1.54, 1.807) is 18.2 Å². The number of carbonyl (C=O) groups is 1. The minimum atomic E-state index is -0.687. The first-order chi connectivity index (χ1) is 12.5. The van der Waals surface area contributed by atoms with E-state index in [1.807, 2.05) is 0 Å². The molecule has 3 rings (SSSR count). The Kier molecular flexibility index (Phi) is 5.04. The molecule has 0 fully saturated rings. The summed E-state index contributed by atoms with van der Waals surface area (Å²) >= 11 is 5.98. The fraction of sp³-hybridized carbons (Fsp3) is 0.0667. The number of anilines is 1. The number of amides is 1. The van der Waals surface area contributed by atoms with E-state index < -0.39 is 23.3 Å². The van der Waals surface area contributed by atoms with Gasteiger partial charge in [-0.1, -0.05) is 11.6 Å². The van der Waals surface area contributed by atoms with Gasteiger partial charge in [0.1, 0.15) is 18.9 Å². The van der Waals surface area contributed by atoms with Crippen LogP contribution in [-0.4, -0.2) is 37.2 Å². The minimum absolute atomic E-state index is 0.102. The maximum atomic E-state index is 12.2. The van der Waals surface area contributed by atoms with Gasteiger partial charge in [-0.15, -0.1) is 0 Å². The Labute approximate surface area is 151 Å². The molecule has 0 radical (unpaired) electrons. The van der Waals surface area contributed by atoms with Crippen molar-refractivity contribution in [3.63, 3.8) is 0 Å². The summed E-state index contributed by atoms with van der Waals surface area (Å²) in [6, 6.07) is 7.69. The average molecular weight is 375 g/mol. The van der Waals surface area contributed by atoms with Crippen LogP contribution in [0.4, 0.5) is 11.5 Å². The van der Waals surface area contributed by atoms with E-state index >= 15 is 0 Å². The summed E-state index contributed by atoms with van der Waals surface area (Å²) in [5, 5.41) is 18.0. The Morgan fingerprint density at radius 3 is 2.96 bits per heavy atom. The fourth-order valence-corrected chi connectivity index (χ4v) is 2.27. The highest BCUT2D eigenvalue weighted by atomic mass is 35.5. The number of hydrogen-bond donors (Lipinski definition) is 1. The van der Waals surface area contributed by atoms with Gasteiger partial charge in [-0.05, 0) is 40.2 Å². The van der Waals surface area contributed by atoms with Gasteiger partial charge < -0.3 is 20.2 Å². The molecule has 0 bridgehead atoms. The number of nitrogens with zero attached hydrogens (tertiary/aromatic N) is 5. The molecule has 1 aromatic carbocycles. The van der Waals surface area contributed by atoms with Crippen LogP contribution in [0.2, 0.25) is 5.02 Å². The second-order valence-electron chi connectivity index (χ2n) is 4.92. The van der Waals surface area contributed by atoms with Gasteiger partial charge >= 0.3 is 5.82 Å². The zero-order chi connectivity index (χ0) is 18.5. The van der Waals surface area contributed by atoms with Gasteiger partial charge in [0.05, 0.1) is 11.4 Å². The van der Waals surface area contributed by atoms with Gasteiger partial charge in [0.25, 0.3) is 5.91 Å². The maximum absolute atomic E-state index is 12.2. The number of carbonyl (C=O) groups excluding carboxylic acids is 1. The molecule has 0 saturated carbocycles. The van der Waals surface area contributed by atoms with Crippen molar-refractivity contribution in [3.8, 4) is 11.4 Å². The molecule has 0 aliphatic heterocycles. The lowest BCUT2D eigenvalue weighted by atomic mass is 10.2. The van der Waals surface area contributed by atoms with Crippen molar-refractivity contribution >= 4 is 29.0 Å². The van der Waals surface area contributed by atoms with Crippen LogP contribution in [0.5, 0.6) is 5.75 Å². The van der Waals surface area contributed by atoms with Crippen molar-refractivity contribution in [2.24, 2.45) is 0 Å². The van der Waals surface area contributed by atoms with Crippen LogP contribution >= 0.6 is 11.6 Å². The average Bonchev–Trinajstić information content (AvgIpc) is 3.14. The predicted molar refractivity (Wildman–Crippen MR) is 91.4 cm³/mol. The zero-order valence-electron chi connectivity index (χ0n) is 13.1. The Morgan fingerprint density at radius 2 is 2.23 bits per heavy atom. The number of nitro groups is 1. The molecule has 3 aromatic rings. The van der Waals surface area contributed by atoms with Gasteiger partial charge in [-0.3, -0.25) is 4.79 Å². The molecule has 11 heteroatoms. The third-order valence-electron chi connectivity index (χ3n) is 3.18. The third kappa shape index (κ3) is 3.92. The van der Waals surface area contributed by atoms with E-state index in [4.69, 9.17) is 16.3 Å². The lowest BCUT2D eigenvalue weighted by molar-refractivity contribution is -0.390. The number of halogens is 1. The van der Waals surface area contributed by atoms with Gasteiger partial charge in [-0.2, -0.15) is 5.10 Å². The van der Waals surface area contributed by atoms with E-state index in [-0.39, 0.29) is 5.75 Å². The highest BCUT2D eigenvalue weighted by molar-refractivity contribution is 6.31. The summed E-state index contributed by atoms with van der Waals surface area (Å²) in [6.45, 7) is -0.449. The van der Waals surface area contributed by atoms with Gasteiger partial charge in [-0.25, -0.2) is 9.67 Å². The Morgan fingerprint density at radius 1 is 1.38 bits per heavy atom. The molecule has 0 aliphatic carbocycles. The van der Waals surface area contributed by atoms with Crippen LogP contribution in [0.15, 0.2) is 49.2 Å². The van der Waals surface area contributed by atoms with Crippen molar-refractivity contribution in [3.05, 3.63) is 64.3 Å². The third-order valence-corrected chi connectivity index (χ3v) is 3.42. The van der Waals surface area contributed by atoms with Crippen molar-refractivity contribution < 1.29 is 14.5 Å². The van der Waals surface area contributed by atoms with Crippen molar-refractivity contribution in [2.75, 3.05) is 11.9 Å². The minimum Gasteiger partial charge on any atom is -0.476 e. The summed E-state index contributed by atoms with van der Waals surface area (Å²) < 4.78 is 6.67. The van der Waals surface area contributed by atoms with Crippen molar-refractivity contribution in [2.45, 2.75) is 0 Å². The van der Waals surface area contributed by atoms with E-state index in [0.29, 0.717) is 16.4 Å². The standard InChI is InChI=1S/C15H11ClN6O4/c16-10-3-4-12(21-9-17-8-19-21)11(6-10)20-14(23)7-26-13-2-1-5-18-15(13)22(24)25/h1-6,8-9H,7H2,(H,20,23). The number of aromatic nitrogens is 4. The van der Waals surface area contributed by atoms with Gasteiger partial charge in [0, 0.05) is 5.02 Å². The summed E-state index contributed by atoms with van der Waals surface area (Å²) in [4.78, 5) is 29.9. The Hall–Kier alpha value is -3.53. The maximum Gasteiger partial charge on any atom is 0.406 e. The van der Waals surface area contributed by atoms with Crippen LogP contribution in [0.1, 0.15) is 0 Å². The number of hydrogen-bond acceptors (Lipinski definition) is 7. The second kappa shape index (κ2) is 7.57. The van der Waals surface area contributed by atoms with Crippen LogP contribution in [0.3, 0.4) is 0 Å². The molecule has 2 aromatic heterocycles. The van der Waals surface area contributed by atoms with Crippen LogP contribution in [0, 0.1) is 10.1 Å². The number of pyridine rings is 1. The summed E-state index contributed by atoms with van der Waals surface area (Å²) in [5.41, 5.74) is 0.935. The van der Waals surface area contributed by atoms with E-state index in [1.165, 1.54) is 35.7 Å². The van der Waals surface area contributed by atoms with E-state index in [9.17, 15) is 14.9 Å². The predicted octanol–water partition coefficient (Wildman–Crippen LogP) is 2.24. The molecule has 1 N–H and O–H groups in total. The van der Waals surface area contributed by atoms with Crippen molar-refractivity contribution in [1.29, 1.82) is 0 Å². The molecule has 10 nitrogen and oxygen atoms in total. The van der Waals surface area contributed by atoms with Gasteiger partial charge in [0.2, 0.25) is 5.75 Å². The Bertz CT molecular complexity index is 947. The summed E-state index contributed by atoms with van der Waals surface area (Å²) in [5.74, 6) is -1.10. The highest BCUT2D eigenvalue weighted by Crippen LogP contribution is 2.25. The number of ether oxygens (including phenoxy) is 1. The first-order valence-corrected chi connectivity index (χ1v) is 7.59. The first kappa shape index (κ1) is 17.3. The molecule has 0 spiro atoms. The summed E-state index contributed by atoms with van der Waals surface area (Å²) in [6.07, 6.45) is 4.08. The quantitative estimate of drug-likeness (QED) is 0.518. The number of rotatable bonds is 6. The molecule has 26 heavy (non-hydrogen) atoms. The number of benzene rings is 1. The monoisotopic (exact) mass is 374 g/mol. The highest BCUT2D eigenvalue weighted by Gasteiger charge is 2.17. The summed E-state index contributed by atoms with van der Waals surface area (Å²) in [7, 11) is 0. The van der Waals surface area contributed by atoms with Crippen LogP contribution in [0.25, 0.3) is 5.69 Å². The fourth-order valence-electron chi connectivity index (χ4n) is 2.10. The molecular formula is C15H11ClN6O4. The molecular weight excluding hydrogens is 364 g/mol. The normalized spacial score (nSPS) is 10.3. The largest absolute Gasteiger partial charge is 0.476 e. The number of nitrogens with one attached hydrogen (secondary N) is 1. The molecule has 2 heterocycles. The van der Waals surface area contributed by atoms with E-state index in [2.05, 4.69) is 20.4 Å². The first-order valence-electron chi connectivity index (χ1n) is 7.21.